The summed E-state index contributed by atoms with van der Waals surface area (Å²) in [4.78, 5) is 0. The highest BCUT2D eigenvalue weighted by Crippen LogP contribution is 2.38. The second kappa shape index (κ2) is 4.65. The van der Waals surface area contributed by atoms with Crippen LogP contribution in [-0.2, 0) is 9.84 Å². The summed E-state index contributed by atoms with van der Waals surface area (Å²) in [6.07, 6.45) is 8.98. The Morgan fingerprint density at radius 1 is 1.06 bits per heavy atom. The Hall–Kier alpha value is -0.0900. The van der Waals surface area contributed by atoms with E-state index in [1.807, 2.05) is 0 Å². The maximum absolute atomic E-state index is 11.6. The van der Waals surface area contributed by atoms with Crippen molar-refractivity contribution in [2.75, 3.05) is 6.26 Å². The smallest absolute Gasteiger partial charge is 0.150 e. The first-order chi connectivity index (χ1) is 7.48. The summed E-state index contributed by atoms with van der Waals surface area (Å²) in [7, 11) is -2.86. The van der Waals surface area contributed by atoms with E-state index in [2.05, 4.69) is 0 Å². The van der Waals surface area contributed by atoms with Gasteiger partial charge in [-0.3, -0.25) is 0 Å². The molecule has 0 spiro atoms. The van der Waals surface area contributed by atoms with Crippen LogP contribution in [0.4, 0.5) is 0 Å². The molecule has 2 rings (SSSR count). The van der Waals surface area contributed by atoms with Gasteiger partial charge in [0.25, 0.3) is 0 Å². The monoisotopic (exact) mass is 245 g/mol. The molecule has 0 heterocycles. The Morgan fingerprint density at radius 2 is 1.62 bits per heavy atom. The Labute approximate surface area is 98.7 Å². The van der Waals surface area contributed by atoms with Gasteiger partial charge in [-0.05, 0) is 43.9 Å². The standard InChI is InChI=1S/C12H23NO2S/c1-16(14,15)11-7-3-6-10(8-11)12(13)9-4-2-5-9/h9-12H,2-8,13H2,1H3. The van der Waals surface area contributed by atoms with Gasteiger partial charge in [-0.25, -0.2) is 8.42 Å². The molecule has 3 atom stereocenters. The molecule has 0 radical (unpaired) electrons. The fourth-order valence-corrected chi connectivity index (χ4v) is 4.32. The molecule has 2 saturated carbocycles. The minimum Gasteiger partial charge on any atom is -0.327 e. The Kier molecular flexibility index (Phi) is 3.59. The van der Waals surface area contributed by atoms with Crippen LogP contribution in [0, 0.1) is 11.8 Å². The molecule has 0 aromatic rings. The van der Waals surface area contributed by atoms with Crippen molar-refractivity contribution in [2.24, 2.45) is 17.6 Å². The van der Waals surface area contributed by atoms with E-state index in [9.17, 15) is 8.42 Å². The maximum atomic E-state index is 11.6. The van der Waals surface area contributed by atoms with Crippen molar-refractivity contribution in [3.8, 4) is 0 Å². The molecule has 0 aromatic carbocycles. The SMILES string of the molecule is CS(=O)(=O)C1CCCC(C(N)C2CCC2)C1. The first kappa shape index (κ1) is 12.4. The number of hydrogen-bond acceptors (Lipinski definition) is 3. The lowest BCUT2D eigenvalue weighted by Gasteiger charge is -2.39. The summed E-state index contributed by atoms with van der Waals surface area (Å²) < 4.78 is 23.1. The van der Waals surface area contributed by atoms with Gasteiger partial charge in [0.05, 0.1) is 5.25 Å². The van der Waals surface area contributed by atoms with Crippen molar-refractivity contribution in [3.05, 3.63) is 0 Å². The van der Waals surface area contributed by atoms with Gasteiger partial charge in [0.2, 0.25) is 0 Å². The summed E-state index contributed by atoms with van der Waals surface area (Å²) >= 11 is 0. The fraction of sp³-hybridized carbons (Fsp3) is 1.00. The average Bonchev–Trinajstić information content (AvgIpc) is 2.14. The molecular formula is C12H23NO2S. The van der Waals surface area contributed by atoms with Crippen molar-refractivity contribution >= 4 is 9.84 Å². The molecule has 0 aromatic heterocycles. The van der Waals surface area contributed by atoms with E-state index in [0.29, 0.717) is 11.8 Å². The van der Waals surface area contributed by atoms with E-state index in [1.54, 1.807) is 0 Å². The molecule has 0 aliphatic heterocycles. The molecule has 2 N–H and O–H groups in total. The van der Waals surface area contributed by atoms with Crippen LogP contribution in [-0.4, -0.2) is 26.0 Å². The van der Waals surface area contributed by atoms with Crippen molar-refractivity contribution in [2.45, 2.75) is 56.2 Å². The normalized spacial score (nSPS) is 34.4. The number of hydrogen-bond donors (Lipinski definition) is 1. The van der Waals surface area contributed by atoms with Crippen molar-refractivity contribution in [3.63, 3.8) is 0 Å². The van der Waals surface area contributed by atoms with Gasteiger partial charge >= 0.3 is 0 Å². The predicted octanol–water partition coefficient (Wildman–Crippen LogP) is 1.72. The molecule has 16 heavy (non-hydrogen) atoms. The summed E-state index contributed by atoms with van der Waals surface area (Å²) in [5.41, 5.74) is 6.26. The zero-order valence-corrected chi connectivity index (χ0v) is 10.9. The molecule has 94 valence electrons. The van der Waals surface area contributed by atoms with E-state index in [-0.39, 0.29) is 11.3 Å². The number of rotatable bonds is 3. The Morgan fingerprint density at radius 3 is 2.12 bits per heavy atom. The van der Waals surface area contributed by atoms with Crippen LogP contribution in [0.25, 0.3) is 0 Å². The molecule has 2 aliphatic rings. The topological polar surface area (TPSA) is 60.2 Å². The largest absolute Gasteiger partial charge is 0.327 e. The zero-order valence-electron chi connectivity index (χ0n) is 10.1. The van der Waals surface area contributed by atoms with Crippen LogP contribution in [0.5, 0.6) is 0 Å². The number of nitrogens with two attached hydrogens (primary N) is 1. The minimum absolute atomic E-state index is 0.127. The third-order valence-electron chi connectivity index (χ3n) is 4.51. The lowest BCUT2D eigenvalue weighted by atomic mass is 9.71. The van der Waals surface area contributed by atoms with Gasteiger partial charge in [-0.2, -0.15) is 0 Å². The first-order valence-corrected chi connectivity index (χ1v) is 8.38. The minimum atomic E-state index is -2.86. The highest BCUT2D eigenvalue weighted by Gasteiger charge is 2.36. The molecule has 3 unspecified atom stereocenters. The average molecular weight is 245 g/mol. The van der Waals surface area contributed by atoms with Gasteiger partial charge in [-0.1, -0.05) is 12.8 Å². The molecule has 0 saturated heterocycles. The quantitative estimate of drug-likeness (QED) is 0.823. The van der Waals surface area contributed by atoms with Gasteiger partial charge in [0, 0.05) is 12.3 Å². The third-order valence-corrected chi connectivity index (χ3v) is 6.15. The summed E-state index contributed by atoms with van der Waals surface area (Å²) in [6, 6.07) is 0.248. The molecule has 0 bridgehead atoms. The Bertz CT molecular complexity index is 335. The van der Waals surface area contributed by atoms with E-state index in [4.69, 9.17) is 5.73 Å². The van der Waals surface area contributed by atoms with Crippen molar-refractivity contribution in [1.29, 1.82) is 0 Å². The summed E-state index contributed by atoms with van der Waals surface area (Å²) in [5, 5.41) is -0.127. The van der Waals surface area contributed by atoms with Crippen LogP contribution >= 0.6 is 0 Å². The maximum Gasteiger partial charge on any atom is 0.150 e. The van der Waals surface area contributed by atoms with E-state index in [1.165, 1.54) is 25.5 Å². The van der Waals surface area contributed by atoms with E-state index >= 15 is 0 Å². The summed E-state index contributed by atoms with van der Waals surface area (Å²) in [6.45, 7) is 0. The highest BCUT2D eigenvalue weighted by molar-refractivity contribution is 7.91. The van der Waals surface area contributed by atoms with Crippen molar-refractivity contribution < 1.29 is 8.42 Å². The molecule has 3 nitrogen and oxygen atoms in total. The molecule has 2 fully saturated rings. The summed E-state index contributed by atoms with van der Waals surface area (Å²) in [5.74, 6) is 1.11. The van der Waals surface area contributed by atoms with Gasteiger partial charge in [-0.15, -0.1) is 0 Å². The van der Waals surface area contributed by atoms with Crippen LogP contribution in [0.3, 0.4) is 0 Å². The van der Waals surface area contributed by atoms with Gasteiger partial charge in [0.15, 0.2) is 0 Å². The van der Waals surface area contributed by atoms with Crippen LogP contribution in [0.15, 0.2) is 0 Å². The lowest BCUT2D eigenvalue weighted by Crippen LogP contribution is -2.44. The second-order valence-electron chi connectivity index (χ2n) is 5.65. The van der Waals surface area contributed by atoms with Crippen LogP contribution in [0.1, 0.15) is 44.9 Å². The zero-order chi connectivity index (χ0) is 11.8. The molecular weight excluding hydrogens is 222 g/mol. The fourth-order valence-electron chi connectivity index (χ4n) is 3.13. The van der Waals surface area contributed by atoms with Gasteiger partial charge < -0.3 is 5.73 Å². The number of sulfone groups is 1. The molecule has 4 heteroatoms. The third kappa shape index (κ3) is 2.59. The molecule has 0 amide bonds. The Balaban J connectivity index is 1.95. The highest BCUT2D eigenvalue weighted by atomic mass is 32.2. The van der Waals surface area contributed by atoms with E-state index in [0.717, 1.165) is 25.7 Å². The van der Waals surface area contributed by atoms with Crippen LogP contribution < -0.4 is 5.73 Å². The first-order valence-electron chi connectivity index (χ1n) is 6.43. The molecule has 2 aliphatic carbocycles. The van der Waals surface area contributed by atoms with Crippen LogP contribution in [0.2, 0.25) is 0 Å². The second-order valence-corrected chi connectivity index (χ2v) is 7.97. The predicted molar refractivity (Wildman–Crippen MR) is 65.9 cm³/mol. The van der Waals surface area contributed by atoms with Gasteiger partial charge in [0.1, 0.15) is 9.84 Å². The van der Waals surface area contributed by atoms with E-state index < -0.39 is 9.84 Å². The lowest BCUT2D eigenvalue weighted by molar-refractivity contribution is 0.178. The van der Waals surface area contributed by atoms with Crippen molar-refractivity contribution in [1.82, 2.24) is 0 Å².